The highest BCUT2D eigenvalue weighted by molar-refractivity contribution is 5.68. The van der Waals surface area contributed by atoms with E-state index in [4.69, 9.17) is 20.9 Å². The molecular formula is C22H21F3N6O2. The van der Waals surface area contributed by atoms with Gasteiger partial charge in [-0.3, -0.25) is 0 Å². The Kier molecular flexibility index (Phi) is 6.05. The van der Waals surface area contributed by atoms with Gasteiger partial charge in [-0.25, -0.2) is 14.5 Å². The second-order valence-corrected chi connectivity index (χ2v) is 7.14. The maximum atomic E-state index is 13.3. The number of hydrogen-bond donors (Lipinski definition) is 2. The quantitative estimate of drug-likeness (QED) is 0.405. The third kappa shape index (κ3) is 4.53. The van der Waals surface area contributed by atoms with Crippen LogP contribution in [-0.2, 0) is 6.18 Å². The van der Waals surface area contributed by atoms with Crippen LogP contribution in [0.2, 0.25) is 0 Å². The summed E-state index contributed by atoms with van der Waals surface area (Å²) < 4.78 is 52.4. The Morgan fingerprint density at radius 2 is 1.82 bits per heavy atom. The van der Waals surface area contributed by atoms with Gasteiger partial charge < -0.3 is 20.9 Å². The lowest BCUT2D eigenvalue weighted by atomic mass is 10.1. The van der Waals surface area contributed by atoms with Gasteiger partial charge in [0, 0.05) is 17.3 Å². The van der Waals surface area contributed by atoms with Gasteiger partial charge in [-0.2, -0.15) is 18.3 Å². The minimum atomic E-state index is -4.63. The molecule has 0 spiro atoms. The number of ether oxygens (including phenoxy) is 2. The van der Waals surface area contributed by atoms with Crippen LogP contribution in [0.4, 0.5) is 19.0 Å². The Labute approximate surface area is 187 Å². The van der Waals surface area contributed by atoms with E-state index in [2.05, 4.69) is 15.1 Å². The van der Waals surface area contributed by atoms with Crippen LogP contribution in [-0.4, -0.2) is 39.8 Å². The number of nitrogens with zero attached hydrogens (tertiary/aromatic N) is 4. The molecule has 0 aliphatic heterocycles. The maximum absolute atomic E-state index is 13.3. The first-order valence-corrected chi connectivity index (χ1v) is 10.0. The van der Waals surface area contributed by atoms with Crippen LogP contribution in [0.5, 0.6) is 11.5 Å². The number of nitrogens with two attached hydrogens (primary N) is 2. The van der Waals surface area contributed by atoms with Gasteiger partial charge in [-0.15, -0.1) is 0 Å². The lowest BCUT2D eigenvalue weighted by molar-refractivity contribution is -0.137. The van der Waals surface area contributed by atoms with Crippen LogP contribution in [0.3, 0.4) is 0 Å². The van der Waals surface area contributed by atoms with Crippen molar-refractivity contribution < 1.29 is 22.6 Å². The molecule has 0 bridgehead atoms. The molecule has 3 aromatic heterocycles. The number of rotatable bonds is 7. The number of halogens is 3. The topological polar surface area (TPSA) is 114 Å². The smallest absolute Gasteiger partial charge is 0.419 e. The zero-order chi connectivity index (χ0) is 23.6. The van der Waals surface area contributed by atoms with Gasteiger partial charge in [0.25, 0.3) is 0 Å². The Bertz CT molecular complexity index is 1290. The SMILES string of the molecule is COc1cc(-c2ccc3ncc(-c4cnc(N)c(C(F)(F)F)c4)n3n2)ccc1OCCCN. The lowest BCUT2D eigenvalue weighted by Gasteiger charge is -2.12. The summed E-state index contributed by atoms with van der Waals surface area (Å²) >= 11 is 0. The number of aromatic nitrogens is 4. The summed E-state index contributed by atoms with van der Waals surface area (Å²) in [5.41, 5.74) is 12.2. The number of anilines is 1. The fraction of sp³-hybridized carbons (Fsp3) is 0.227. The highest BCUT2D eigenvalue weighted by atomic mass is 19.4. The molecule has 0 radical (unpaired) electrons. The molecule has 0 atom stereocenters. The summed E-state index contributed by atoms with van der Waals surface area (Å²) in [7, 11) is 1.53. The van der Waals surface area contributed by atoms with Crippen LogP contribution in [0.1, 0.15) is 12.0 Å². The minimum absolute atomic E-state index is 0.190. The number of hydrogen-bond acceptors (Lipinski definition) is 7. The number of pyridine rings is 1. The molecule has 0 amide bonds. The summed E-state index contributed by atoms with van der Waals surface area (Å²) in [5.74, 6) is 0.510. The average Bonchev–Trinajstić information content (AvgIpc) is 3.22. The highest BCUT2D eigenvalue weighted by Crippen LogP contribution is 2.36. The average molecular weight is 458 g/mol. The van der Waals surface area contributed by atoms with E-state index in [1.807, 2.05) is 6.07 Å². The summed E-state index contributed by atoms with van der Waals surface area (Å²) in [6, 6.07) is 9.78. The molecule has 3 heterocycles. The van der Waals surface area contributed by atoms with Crippen molar-refractivity contribution in [3.63, 3.8) is 0 Å². The minimum Gasteiger partial charge on any atom is -0.493 e. The molecule has 8 nitrogen and oxygen atoms in total. The van der Waals surface area contributed by atoms with E-state index in [1.165, 1.54) is 24.0 Å². The van der Waals surface area contributed by atoms with Crippen molar-refractivity contribution in [2.24, 2.45) is 5.73 Å². The van der Waals surface area contributed by atoms with Gasteiger partial charge in [0.15, 0.2) is 17.1 Å². The molecule has 4 rings (SSSR count). The van der Waals surface area contributed by atoms with Crippen molar-refractivity contribution >= 4 is 11.5 Å². The summed E-state index contributed by atoms with van der Waals surface area (Å²) in [5, 5.41) is 4.58. The highest BCUT2D eigenvalue weighted by Gasteiger charge is 2.34. The van der Waals surface area contributed by atoms with Gasteiger partial charge in [0.1, 0.15) is 5.82 Å². The van der Waals surface area contributed by atoms with Gasteiger partial charge in [-0.05, 0) is 49.4 Å². The molecule has 11 heteroatoms. The van der Waals surface area contributed by atoms with Crippen molar-refractivity contribution in [1.82, 2.24) is 19.6 Å². The normalized spacial score (nSPS) is 11.7. The summed E-state index contributed by atoms with van der Waals surface area (Å²) in [6.45, 7) is 0.982. The van der Waals surface area contributed by atoms with Gasteiger partial charge >= 0.3 is 6.18 Å². The zero-order valence-corrected chi connectivity index (χ0v) is 17.6. The van der Waals surface area contributed by atoms with Crippen molar-refractivity contribution in [2.45, 2.75) is 12.6 Å². The molecular weight excluding hydrogens is 437 g/mol. The van der Waals surface area contributed by atoms with E-state index in [9.17, 15) is 13.2 Å². The second kappa shape index (κ2) is 8.94. The number of fused-ring (bicyclic) bond motifs is 1. The van der Waals surface area contributed by atoms with Crippen molar-refractivity contribution in [3.05, 3.63) is 54.4 Å². The molecule has 0 fully saturated rings. The molecule has 33 heavy (non-hydrogen) atoms. The van der Waals surface area contributed by atoms with Gasteiger partial charge in [0.2, 0.25) is 0 Å². The molecule has 4 aromatic rings. The first kappa shape index (κ1) is 22.3. The Hall–Kier alpha value is -3.86. The van der Waals surface area contributed by atoms with Crippen LogP contribution < -0.4 is 20.9 Å². The van der Waals surface area contributed by atoms with E-state index >= 15 is 0 Å². The number of nitrogen functional groups attached to an aromatic ring is 1. The van der Waals surface area contributed by atoms with Gasteiger partial charge in [-0.1, -0.05) is 0 Å². The molecule has 1 aromatic carbocycles. The van der Waals surface area contributed by atoms with Crippen molar-refractivity contribution in [3.8, 4) is 34.0 Å². The van der Waals surface area contributed by atoms with E-state index in [1.54, 1.807) is 24.3 Å². The number of methoxy groups -OCH3 is 1. The fourth-order valence-electron chi connectivity index (χ4n) is 3.28. The molecule has 0 unspecified atom stereocenters. The van der Waals surface area contributed by atoms with E-state index in [0.717, 1.165) is 11.6 Å². The Morgan fingerprint density at radius 1 is 1.00 bits per heavy atom. The third-order valence-corrected chi connectivity index (χ3v) is 4.95. The van der Waals surface area contributed by atoms with Crippen molar-refractivity contribution in [1.29, 1.82) is 0 Å². The predicted octanol–water partition coefficient (Wildman–Crippen LogP) is 3.80. The molecule has 0 saturated carbocycles. The van der Waals surface area contributed by atoms with Crippen LogP contribution in [0, 0.1) is 0 Å². The standard InChI is InChI=1S/C22H21F3N6O2/c1-32-19-10-13(3-5-18(19)33-8-2-7-26)16-4-6-20-28-12-17(31(20)30-16)14-9-15(22(23,24)25)21(27)29-11-14/h3-6,9-12H,2,7-8,26H2,1H3,(H2,27,29). The molecule has 0 aliphatic rings. The Morgan fingerprint density at radius 3 is 2.55 bits per heavy atom. The summed E-state index contributed by atoms with van der Waals surface area (Å²) in [6.07, 6.45) is -1.22. The predicted molar refractivity (Wildman–Crippen MR) is 117 cm³/mol. The second-order valence-electron chi connectivity index (χ2n) is 7.14. The van der Waals surface area contributed by atoms with E-state index in [-0.39, 0.29) is 5.56 Å². The molecule has 0 aliphatic carbocycles. The number of benzene rings is 1. The van der Waals surface area contributed by atoms with Gasteiger partial charge in [0.05, 0.1) is 36.9 Å². The maximum Gasteiger partial charge on any atom is 0.419 e. The molecule has 4 N–H and O–H groups in total. The van der Waals surface area contributed by atoms with Crippen LogP contribution >= 0.6 is 0 Å². The first-order valence-electron chi connectivity index (χ1n) is 10.0. The van der Waals surface area contributed by atoms with Crippen molar-refractivity contribution in [2.75, 3.05) is 26.0 Å². The largest absolute Gasteiger partial charge is 0.493 e. The monoisotopic (exact) mass is 458 g/mol. The van der Waals surface area contributed by atoms with Crippen LogP contribution in [0.25, 0.3) is 28.2 Å². The number of alkyl halides is 3. The third-order valence-electron chi connectivity index (χ3n) is 4.95. The molecule has 0 saturated heterocycles. The lowest BCUT2D eigenvalue weighted by Crippen LogP contribution is -2.10. The number of imidazole rings is 1. The van der Waals surface area contributed by atoms with E-state index in [0.29, 0.717) is 48.1 Å². The molecule has 172 valence electrons. The van der Waals surface area contributed by atoms with Crippen LogP contribution in [0.15, 0.2) is 48.8 Å². The Balaban J connectivity index is 1.74. The first-order chi connectivity index (χ1) is 15.8. The zero-order valence-electron chi connectivity index (χ0n) is 17.6. The van der Waals surface area contributed by atoms with E-state index < -0.39 is 17.6 Å². The summed E-state index contributed by atoms with van der Waals surface area (Å²) in [4.78, 5) is 7.94. The fourth-order valence-corrected chi connectivity index (χ4v) is 3.28.